The Morgan fingerprint density at radius 1 is 0.957 bits per heavy atom. The standard InChI is InChI=1S/C37H39N7O3/c1-24(2)33(43-37(46)47-3)36(45)44-20-10-16-32(44)35-40-23-31(42-35)27-18-17-26(29(21-27)25-11-5-4-6-12-25)13-7-8-14-28-22-39-34(41-28)30-15-9-19-38-30/h4-6,11-12,17-18,21-24,30,32-33,38H,9-10,15-16,19-20H2,1-3H3,(H,39,41)(H,40,42)(H,43,46)/t30-,32-,33-/m0/s1. The SMILES string of the molecule is COC(=O)N[C@H](C(=O)N1CCC[C@H]1c1ncc(-c2ccc(C#CC#Cc3cnc([C@@H]4CCCN4)[nH]3)c(-c3ccccc3)c2)[nH]1)C(C)C. The topological polar surface area (TPSA) is 128 Å². The number of carbonyl (C=O) groups is 2. The lowest BCUT2D eigenvalue weighted by Crippen LogP contribution is -2.51. The van der Waals surface area contributed by atoms with Crippen molar-refractivity contribution < 1.29 is 14.3 Å². The number of hydrogen-bond donors (Lipinski definition) is 4. The molecule has 2 amide bonds. The van der Waals surface area contributed by atoms with Crippen molar-refractivity contribution in [3.8, 4) is 46.1 Å². The molecule has 2 aromatic carbocycles. The fourth-order valence-corrected chi connectivity index (χ4v) is 6.22. The van der Waals surface area contributed by atoms with Crippen molar-refractivity contribution in [1.29, 1.82) is 0 Å². The highest BCUT2D eigenvalue weighted by atomic mass is 16.5. The zero-order valence-electron chi connectivity index (χ0n) is 26.9. The first-order valence-electron chi connectivity index (χ1n) is 16.1. The Labute approximate surface area is 275 Å². The highest BCUT2D eigenvalue weighted by molar-refractivity contribution is 5.86. The van der Waals surface area contributed by atoms with Gasteiger partial charge in [-0.25, -0.2) is 14.8 Å². The summed E-state index contributed by atoms with van der Waals surface area (Å²) in [4.78, 5) is 43.3. The molecule has 0 bridgehead atoms. The Bertz CT molecular complexity index is 1850. The average Bonchev–Trinajstić information content (AvgIpc) is 3.92. The molecular weight excluding hydrogens is 590 g/mol. The number of nitrogens with zero attached hydrogens (tertiary/aromatic N) is 3. The first kappa shape index (κ1) is 31.7. The van der Waals surface area contributed by atoms with E-state index < -0.39 is 12.1 Å². The Morgan fingerprint density at radius 3 is 2.53 bits per heavy atom. The zero-order valence-corrected chi connectivity index (χ0v) is 26.9. The number of methoxy groups -OCH3 is 1. The van der Waals surface area contributed by atoms with Crippen LogP contribution in [0.1, 0.15) is 74.5 Å². The van der Waals surface area contributed by atoms with Gasteiger partial charge in [0.1, 0.15) is 23.4 Å². The molecule has 0 saturated carbocycles. The van der Waals surface area contributed by atoms with E-state index in [4.69, 9.17) is 9.72 Å². The molecule has 0 spiro atoms. The molecule has 3 atom stereocenters. The summed E-state index contributed by atoms with van der Waals surface area (Å²) in [6, 6.07) is 15.6. The van der Waals surface area contributed by atoms with Gasteiger partial charge in [-0.2, -0.15) is 0 Å². The summed E-state index contributed by atoms with van der Waals surface area (Å²) in [6.45, 7) is 5.42. The molecule has 0 unspecified atom stereocenters. The van der Waals surface area contributed by atoms with E-state index >= 15 is 0 Å². The van der Waals surface area contributed by atoms with E-state index in [0.29, 0.717) is 6.54 Å². The van der Waals surface area contributed by atoms with Gasteiger partial charge in [-0.15, -0.1) is 0 Å². The van der Waals surface area contributed by atoms with E-state index in [2.05, 4.69) is 67.5 Å². The summed E-state index contributed by atoms with van der Waals surface area (Å²) in [5, 5.41) is 6.14. The van der Waals surface area contributed by atoms with Crippen LogP contribution in [0.3, 0.4) is 0 Å². The highest BCUT2D eigenvalue weighted by Gasteiger charge is 2.37. The number of imidazole rings is 2. The molecule has 6 rings (SSSR count). The molecule has 240 valence electrons. The van der Waals surface area contributed by atoms with Gasteiger partial charge in [0.05, 0.1) is 37.3 Å². The van der Waals surface area contributed by atoms with E-state index in [1.54, 1.807) is 6.20 Å². The number of ether oxygens (including phenoxy) is 1. The number of nitrogens with one attached hydrogen (secondary N) is 4. The lowest BCUT2D eigenvalue weighted by molar-refractivity contribution is -0.135. The fraction of sp³-hybridized carbons (Fsp3) is 0.351. The fourth-order valence-electron chi connectivity index (χ4n) is 6.22. The Kier molecular flexibility index (Phi) is 9.70. The van der Waals surface area contributed by atoms with Gasteiger partial charge in [-0.05, 0) is 79.2 Å². The van der Waals surface area contributed by atoms with Crippen molar-refractivity contribution in [1.82, 2.24) is 35.5 Å². The molecular formula is C37H39N7O3. The number of carbonyl (C=O) groups excluding carboxylic acids is 2. The summed E-state index contributed by atoms with van der Waals surface area (Å²) in [7, 11) is 1.29. The molecule has 4 heterocycles. The average molecular weight is 630 g/mol. The Hall–Kier alpha value is -5.32. The minimum atomic E-state index is -0.685. The number of aromatic nitrogens is 4. The molecule has 0 aliphatic carbocycles. The number of amides is 2. The minimum Gasteiger partial charge on any atom is -0.453 e. The maximum absolute atomic E-state index is 13.6. The Morgan fingerprint density at radius 2 is 1.77 bits per heavy atom. The van der Waals surface area contributed by atoms with Crippen molar-refractivity contribution in [2.24, 2.45) is 5.92 Å². The van der Waals surface area contributed by atoms with Crippen LogP contribution in [-0.2, 0) is 9.53 Å². The van der Waals surface area contributed by atoms with Gasteiger partial charge in [0.15, 0.2) is 0 Å². The number of hydrogen-bond acceptors (Lipinski definition) is 6. The van der Waals surface area contributed by atoms with Crippen molar-refractivity contribution in [2.45, 2.75) is 57.7 Å². The molecule has 10 heteroatoms. The summed E-state index contributed by atoms with van der Waals surface area (Å²) >= 11 is 0. The number of rotatable bonds is 7. The lowest BCUT2D eigenvalue weighted by Gasteiger charge is -2.30. The van der Waals surface area contributed by atoms with Crippen LogP contribution in [0.4, 0.5) is 4.79 Å². The number of benzene rings is 2. The number of alkyl carbamates (subject to hydrolysis) is 1. The zero-order chi connectivity index (χ0) is 32.8. The van der Waals surface area contributed by atoms with Crippen molar-refractivity contribution >= 4 is 12.0 Å². The normalized spacial score (nSPS) is 17.8. The second-order valence-corrected chi connectivity index (χ2v) is 12.2. The van der Waals surface area contributed by atoms with E-state index in [9.17, 15) is 9.59 Å². The van der Waals surface area contributed by atoms with E-state index in [-0.39, 0.29) is 23.9 Å². The largest absolute Gasteiger partial charge is 0.453 e. The van der Waals surface area contributed by atoms with Crippen molar-refractivity contribution in [3.05, 3.63) is 83.8 Å². The number of aromatic amines is 2. The van der Waals surface area contributed by atoms with Crippen LogP contribution in [-0.4, -0.2) is 63.1 Å². The third-order valence-corrected chi connectivity index (χ3v) is 8.70. The maximum atomic E-state index is 13.6. The van der Waals surface area contributed by atoms with Gasteiger partial charge in [0.2, 0.25) is 5.91 Å². The molecule has 2 fully saturated rings. The van der Waals surface area contributed by atoms with Crippen molar-refractivity contribution in [3.63, 3.8) is 0 Å². The van der Waals surface area contributed by atoms with E-state index in [0.717, 1.165) is 77.5 Å². The van der Waals surface area contributed by atoms with Crippen LogP contribution in [0.15, 0.2) is 60.9 Å². The summed E-state index contributed by atoms with van der Waals surface area (Å²) in [5.41, 5.74) is 5.43. The van der Waals surface area contributed by atoms with Crippen LogP contribution >= 0.6 is 0 Å². The first-order chi connectivity index (χ1) is 22.9. The maximum Gasteiger partial charge on any atom is 0.407 e. The smallest absolute Gasteiger partial charge is 0.407 e. The van der Waals surface area contributed by atoms with Gasteiger partial charge in [-0.1, -0.05) is 56.2 Å². The number of H-pyrrole nitrogens is 2. The predicted molar refractivity (Wildman–Crippen MR) is 180 cm³/mol. The molecule has 0 radical (unpaired) electrons. The molecule has 47 heavy (non-hydrogen) atoms. The molecule has 2 aliphatic heterocycles. The molecule has 4 N–H and O–H groups in total. The summed E-state index contributed by atoms with van der Waals surface area (Å²) in [6.07, 6.45) is 6.81. The van der Waals surface area contributed by atoms with Gasteiger partial charge in [-0.3, -0.25) is 4.79 Å². The molecule has 2 aromatic heterocycles. The third kappa shape index (κ3) is 7.24. The van der Waals surface area contributed by atoms with E-state index in [1.807, 2.05) is 55.3 Å². The van der Waals surface area contributed by atoms with Gasteiger partial charge >= 0.3 is 6.09 Å². The predicted octanol–water partition coefficient (Wildman–Crippen LogP) is 5.34. The number of likely N-dealkylation sites (tertiary alicyclic amines) is 1. The van der Waals surface area contributed by atoms with Gasteiger partial charge in [0, 0.05) is 17.7 Å². The Balaban J connectivity index is 1.23. The van der Waals surface area contributed by atoms with E-state index in [1.165, 1.54) is 7.11 Å². The van der Waals surface area contributed by atoms with Crippen LogP contribution < -0.4 is 10.6 Å². The lowest BCUT2D eigenvalue weighted by atomic mass is 9.96. The molecule has 10 nitrogen and oxygen atoms in total. The van der Waals surface area contributed by atoms with Crippen LogP contribution in [0.5, 0.6) is 0 Å². The first-order valence-corrected chi connectivity index (χ1v) is 16.1. The van der Waals surface area contributed by atoms with Gasteiger partial charge < -0.3 is 30.2 Å². The summed E-state index contributed by atoms with van der Waals surface area (Å²) < 4.78 is 4.76. The molecule has 2 aliphatic rings. The third-order valence-electron chi connectivity index (χ3n) is 8.70. The second kappa shape index (κ2) is 14.4. The highest BCUT2D eigenvalue weighted by Crippen LogP contribution is 2.34. The van der Waals surface area contributed by atoms with Crippen molar-refractivity contribution in [2.75, 3.05) is 20.2 Å². The summed E-state index contributed by atoms with van der Waals surface area (Å²) in [5.74, 6) is 13.7. The molecule has 2 saturated heterocycles. The quantitative estimate of drug-likeness (QED) is 0.205. The minimum absolute atomic E-state index is 0.100. The second-order valence-electron chi connectivity index (χ2n) is 12.2. The van der Waals surface area contributed by atoms with Crippen LogP contribution in [0.25, 0.3) is 22.4 Å². The van der Waals surface area contributed by atoms with Crippen LogP contribution in [0, 0.1) is 29.6 Å². The van der Waals surface area contributed by atoms with Crippen LogP contribution in [0.2, 0.25) is 0 Å². The van der Waals surface area contributed by atoms with Gasteiger partial charge in [0.25, 0.3) is 0 Å². The molecule has 4 aromatic rings. The monoisotopic (exact) mass is 629 g/mol.